The Hall–Kier alpha value is -0.510. The lowest BCUT2D eigenvalue weighted by Crippen LogP contribution is -2.07. The number of benzene rings is 1. The van der Waals surface area contributed by atoms with Gasteiger partial charge in [-0.2, -0.15) is 0 Å². The van der Waals surface area contributed by atoms with Crippen molar-refractivity contribution in [3.8, 4) is 0 Å². The van der Waals surface area contributed by atoms with E-state index < -0.39 is 5.44 Å². The van der Waals surface area contributed by atoms with E-state index >= 15 is 0 Å². The van der Waals surface area contributed by atoms with Crippen molar-refractivity contribution in [3.05, 3.63) is 35.9 Å². The third kappa shape index (κ3) is 4.31. The highest BCUT2D eigenvalue weighted by molar-refractivity contribution is 7.99. The summed E-state index contributed by atoms with van der Waals surface area (Å²) < 4.78 is 0. The van der Waals surface area contributed by atoms with Crippen molar-refractivity contribution >= 4 is 11.8 Å². The highest BCUT2D eigenvalue weighted by atomic mass is 32.2. The third-order valence-corrected chi connectivity index (χ3v) is 2.67. The van der Waals surface area contributed by atoms with Crippen LogP contribution in [-0.4, -0.2) is 28.0 Å². The molecule has 1 atom stereocenters. The number of rotatable bonds is 5. The van der Waals surface area contributed by atoms with Crippen LogP contribution in [0.2, 0.25) is 0 Å². The summed E-state index contributed by atoms with van der Waals surface area (Å²) in [4.78, 5) is 0. The van der Waals surface area contributed by atoms with Crippen LogP contribution >= 0.6 is 11.8 Å². The van der Waals surface area contributed by atoms with Crippen LogP contribution in [0.5, 0.6) is 0 Å². The topological polar surface area (TPSA) is 40.5 Å². The molecule has 0 spiro atoms. The van der Waals surface area contributed by atoms with E-state index in [4.69, 9.17) is 10.2 Å². The zero-order chi connectivity index (χ0) is 9.52. The average Bonchev–Trinajstić information content (AvgIpc) is 2.19. The minimum absolute atomic E-state index is 0.167. The van der Waals surface area contributed by atoms with Crippen LogP contribution in [0.3, 0.4) is 0 Å². The number of hydrogen-bond acceptors (Lipinski definition) is 3. The predicted octanol–water partition coefficient (Wildman–Crippen LogP) is 1.27. The van der Waals surface area contributed by atoms with E-state index in [2.05, 4.69) is 12.1 Å². The fourth-order valence-electron chi connectivity index (χ4n) is 1.01. The Kier molecular flexibility index (Phi) is 4.90. The first kappa shape index (κ1) is 10.6. The SMILES string of the molecule is OCC(O)SCCc1ccccc1. The summed E-state index contributed by atoms with van der Waals surface area (Å²) in [6.45, 7) is -0.167. The minimum atomic E-state index is -0.635. The fraction of sp³-hybridized carbons (Fsp3) is 0.400. The van der Waals surface area contributed by atoms with Crippen molar-refractivity contribution in [3.63, 3.8) is 0 Å². The molecular weight excluding hydrogens is 184 g/mol. The van der Waals surface area contributed by atoms with Gasteiger partial charge in [0.05, 0.1) is 6.61 Å². The largest absolute Gasteiger partial charge is 0.393 e. The Labute approximate surface area is 82.6 Å². The molecule has 0 aliphatic rings. The molecule has 0 saturated heterocycles. The van der Waals surface area contributed by atoms with Gasteiger partial charge in [-0.25, -0.2) is 0 Å². The highest BCUT2D eigenvalue weighted by Crippen LogP contribution is 2.10. The van der Waals surface area contributed by atoms with Crippen LogP contribution in [0.25, 0.3) is 0 Å². The molecule has 0 saturated carbocycles. The first-order valence-electron chi connectivity index (χ1n) is 4.27. The summed E-state index contributed by atoms with van der Waals surface area (Å²) in [7, 11) is 0. The number of aliphatic hydroxyl groups is 2. The molecule has 1 unspecified atom stereocenters. The van der Waals surface area contributed by atoms with E-state index in [1.165, 1.54) is 17.3 Å². The van der Waals surface area contributed by atoms with Crippen molar-refractivity contribution < 1.29 is 10.2 Å². The number of hydrogen-bond donors (Lipinski definition) is 2. The van der Waals surface area contributed by atoms with Gasteiger partial charge in [-0.3, -0.25) is 0 Å². The Morgan fingerprint density at radius 3 is 2.54 bits per heavy atom. The van der Waals surface area contributed by atoms with Gasteiger partial charge < -0.3 is 10.2 Å². The van der Waals surface area contributed by atoms with Gasteiger partial charge in [0.2, 0.25) is 0 Å². The van der Waals surface area contributed by atoms with Gasteiger partial charge in [-0.15, -0.1) is 11.8 Å². The molecule has 1 rings (SSSR count). The standard InChI is InChI=1S/C10H14O2S/c11-8-10(12)13-7-6-9-4-2-1-3-5-9/h1-5,10-12H,6-8H2. The van der Waals surface area contributed by atoms with Crippen LogP contribution in [-0.2, 0) is 6.42 Å². The summed E-state index contributed by atoms with van der Waals surface area (Å²) in [5, 5.41) is 17.6. The lowest BCUT2D eigenvalue weighted by atomic mass is 10.2. The van der Waals surface area contributed by atoms with Gasteiger partial charge in [0.15, 0.2) is 0 Å². The maximum Gasteiger partial charge on any atom is 0.122 e. The van der Waals surface area contributed by atoms with Gasteiger partial charge in [-0.1, -0.05) is 30.3 Å². The van der Waals surface area contributed by atoms with Crippen LogP contribution in [0.4, 0.5) is 0 Å². The number of thioether (sulfide) groups is 1. The zero-order valence-corrected chi connectivity index (χ0v) is 8.20. The van der Waals surface area contributed by atoms with E-state index in [0.29, 0.717) is 0 Å². The maximum atomic E-state index is 9.05. The van der Waals surface area contributed by atoms with E-state index in [9.17, 15) is 0 Å². The zero-order valence-electron chi connectivity index (χ0n) is 7.39. The van der Waals surface area contributed by atoms with Crippen LogP contribution in [0.15, 0.2) is 30.3 Å². The summed E-state index contributed by atoms with van der Waals surface area (Å²) >= 11 is 1.38. The van der Waals surface area contributed by atoms with Gasteiger partial charge in [0.25, 0.3) is 0 Å². The molecular formula is C10H14O2S. The average molecular weight is 198 g/mol. The van der Waals surface area contributed by atoms with Crippen LogP contribution < -0.4 is 0 Å². The Morgan fingerprint density at radius 1 is 1.23 bits per heavy atom. The van der Waals surface area contributed by atoms with Gasteiger partial charge >= 0.3 is 0 Å². The van der Waals surface area contributed by atoms with E-state index in [0.717, 1.165) is 12.2 Å². The summed E-state index contributed by atoms with van der Waals surface area (Å²) in [5.74, 6) is 0.839. The second-order valence-electron chi connectivity index (χ2n) is 2.74. The molecule has 0 radical (unpaired) electrons. The fourth-order valence-corrected chi connectivity index (χ4v) is 1.74. The Balaban J connectivity index is 2.20. The second kappa shape index (κ2) is 6.02. The maximum absolute atomic E-state index is 9.05. The molecule has 0 bridgehead atoms. The minimum Gasteiger partial charge on any atom is -0.393 e. The lowest BCUT2D eigenvalue weighted by molar-refractivity contribution is 0.160. The molecule has 0 aliphatic carbocycles. The quantitative estimate of drug-likeness (QED) is 0.700. The van der Waals surface area contributed by atoms with Crippen LogP contribution in [0.1, 0.15) is 5.56 Å². The summed E-state index contributed by atoms with van der Waals surface area (Å²) in [6, 6.07) is 10.1. The summed E-state index contributed by atoms with van der Waals surface area (Å²) in [5.41, 5.74) is 0.629. The predicted molar refractivity (Wildman–Crippen MR) is 55.7 cm³/mol. The van der Waals surface area contributed by atoms with Crippen molar-refractivity contribution in [2.45, 2.75) is 11.9 Å². The number of aliphatic hydroxyl groups excluding tert-OH is 2. The molecule has 3 heteroatoms. The number of aryl methyl sites for hydroxylation is 1. The van der Waals surface area contributed by atoms with E-state index in [1.807, 2.05) is 18.2 Å². The molecule has 72 valence electrons. The van der Waals surface area contributed by atoms with Crippen molar-refractivity contribution in [2.24, 2.45) is 0 Å². The molecule has 2 nitrogen and oxygen atoms in total. The smallest absolute Gasteiger partial charge is 0.122 e. The molecule has 1 aromatic carbocycles. The molecule has 2 N–H and O–H groups in total. The second-order valence-corrected chi connectivity index (χ2v) is 4.03. The molecule has 1 aromatic rings. The normalized spacial score (nSPS) is 12.8. The summed E-state index contributed by atoms with van der Waals surface area (Å²) in [6.07, 6.45) is 0.933. The molecule has 0 amide bonds. The first-order chi connectivity index (χ1) is 6.33. The van der Waals surface area contributed by atoms with Crippen molar-refractivity contribution in [2.75, 3.05) is 12.4 Å². The lowest BCUT2D eigenvalue weighted by Gasteiger charge is -2.05. The molecule has 0 fully saturated rings. The first-order valence-corrected chi connectivity index (χ1v) is 5.32. The Morgan fingerprint density at radius 2 is 1.92 bits per heavy atom. The van der Waals surface area contributed by atoms with Gasteiger partial charge in [0, 0.05) is 0 Å². The van der Waals surface area contributed by atoms with Crippen LogP contribution in [0, 0.1) is 0 Å². The van der Waals surface area contributed by atoms with Gasteiger partial charge in [0.1, 0.15) is 5.44 Å². The molecule has 0 aromatic heterocycles. The molecule has 0 aliphatic heterocycles. The Bertz CT molecular complexity index is 226. The van der Waals surface area contributed by atoms with Crippen molar-refractivity contribution in [1.29, 1.82) is 0 Å². The highest BCUT2D eigenvalue weighted by Gasteiger charge is 2.01. The van der Waals surface area contributed by atoms with E-state index in [-0.39, 0.29) is 6.61 Å². The van der Waals surface area contributed by atoms with E-state index in [1.54, 1.807) is 0 Å². The monoisotopic (exact) mass is 198 g/mol. The van der Waals surface area contributed by atoms with Gasteiger partial charge in [-0.05, 0) is 17.7 Å². The third-order valence-electron chi connectivity index (χ3n) is 1.70. The molecule has 0 heterocycles. The molecule has 13 heavy (non-hydrogen) atoms. The van der Waals surface area contributed by atoms with Crippen molar-refractivity contribution in [1.82, 2.24) is 0 Å².